The Morgan fingerprint density at radius 3 is 3.00 bits per heavy atom. The number of rotatable bonds is 4. The topological polar surface area (TPSA) is 94.0 Å². The highest BCUT2D eigenvalue weighted by Crippen LogP contribution is 2.18. The van der Waals surface area contributed by atoms with Crippen LogP contribution in [0.15, 0.2) is 29.1 Å². The standard InChI is InChI=1S/C13H12N4O3/c1-8-15-10-3-2-9(13(18)19)6-11(10)17(8)5-4-12-14-7-20-16-12/h2-3,6-7H,4-5H2,1H3,(H,18,19). The van der Waals surface area contributed by atoms with Crippen LogP contribution in [-0.4, -0.2) is 30.8 Å². The molecule has 0 aliphatic heterocycles. The van der Waals surface area contributed by atoms with E-state index in [1.54, 1.807) is 18.2 Å². The van der Waals surface area contributed by atoms with Gasteiger partial charge in [0.2, 0.25) is 6.39 Å². The van der Waals surface area contributed by atoms with E-state index in [1.807, 2.05) is 11.5 Å². The molecule has 7 nitrogen and oxygen atoms in total. The Hall–Kier alpha value is -2.70. The van der Waals surface area contributed by atoms with Crippen molar-refractivity contribution in [3.05, 3.63) is 41.8 Å². The average molecular weight is 272 g/mol. The summed E-state index contributed by atoms with van der Waals surface area (Å²) in [5.41, 5.74) is 1.82. The molecule has 0 aliphatic carbocycles. The number of aromatic carboxylic acids is 1. The molecule has 0 saturated heterocycles. The van der Waals surface area contributed by atoms with Crippen LogP contribution in [-0.2, 0) is 13.0 Å². The second kappa shape index (κ2) is 4.76. The quantitative estimate of drug-likeness (QED) is 0.776. The van der Waals surface area contributed by atoms with Gasteiger partial charge in [-0.05, 0) is 25.1 Å². The molecule has 0 spiro atoms. The van der Waals surface area contributed by atoms with Gasteiger partial charge in [-0.3, -0.25) is 0 Å². The predicted molar refractivity (Wildman–Crippen MR) is 69.4 cm³/mol. The highest BCUT2D eigenvalue weighted by atomic mass is 16.5. The largest absolute Gasteiger partial charge is 0.478 e. The number of carboxylic acids is 1. The molecule has 0 radical (unpaired) electrons. The maximum Gasteiger partial charge on any atom is 0.335 e. The average Bonchev–Trinajstić information content (AvgIpc) is 3.02. The van der Waals surface area contributed by atoms with Gasteiger partial charge in [0.15, 0.2) is 5.82 Å². The van der Waals surface area contributed by atoms with Gasteiger partial charge in [-0.15, -0.1) is 0 Å². The Morgan fingerprint density at radius 2 is 2.30 bits per heavy atom. The van der Waals surface area contributed by atoms with Crippen molar-refractivity contribution in [2.75, 3.05) is 0 Å². The highest BCUT2D eigenvalue weighted by molar-refractivity contribution is 5.92. The molecule has 0 amide bonds. The first-order chi connectivity index (χ1) is 9.65. The molecule has 1 aromatic carbocycles. The maximum atomic E-state index is 11.0. The lowest BCUT2D eigenvalue weighted by molar-refractivity contribution is 0.0697. The van der Waals surface area contributed by atoms with E-state index >= 15 is 0 Å². The molecule has 3 rings (SSSR count). The van der Waals surface area contributed by atoms with Crippen molar-refractivity contribution in [3.8, 4) is 0 Å². The Labute approximate surface area is 113 Å². The fraction of sp³-hybridized carbons (Fsp3) is 0.231. The van der Waals surface area contributed by atoms with E-state index < -0.39 is 5.97 Å². The molecule has 0 atom stereocenters. The SMILES string of the molecule is Cc1nc2ccc(C(=O)O)cc2n1CCc1ncon1. The number of hydrogen-bond donors (Lipinski definition) is 1. The Kier molecular flexibility index (Phi) is 2.94. The lowest BCUT2D eigenvalue weighted by atomic mass is 10.2. The normalized spacial score (nSPS) is 11.1. The molecule has 1 N–H and O–H groups in total. The van der Waals surface area contributed by atoms with Crippen molar-refractivity contribution in [1.82, 2.24) is 19.7 Å². The third-order valence-corrected chi connectivity index (χ3v) is 3.15. The third kappa shape index (κ3) is 2.13. The Morgan fingerprint density at radius 1 is 1.45 bits per heavy atom. The minimum atomic E-state index is -0.949. The van der Waals surface area contributed by atoms with Gasteiger partial charge in [-0.1, -0.05) is 5.16 Å². The van der Waals surface area contributed by atoms with Gasteiger partial charge in [0.05, 0.1) is 16.6 Å². The molecular weight excluding hydrogens is 260 g/mol. The lowest BCUT2D eigenvalue weighted by Gasteiger charge is -2.05. The van der Waals surface area contributed by atoms with E-state index in [0.29, 0.717) is 18.8 Å². The van der Waals surface area contributed by atoms with Crippen molar-refractivity contribution in [3.63, 3.8) is 0 Å². The minimum absolute atomic E-state index is 0.248. The first-order valence-corrected chi connectivity index (χ1v) is 6.10. The van der Waals surface area contributed by atoms with E-state index in [4.69, 9.17) is 5.11 Å². The van der Waals surface area contributed by atoms with Crippen LogP contribution in [0.2, 0.25) is 0 Å². The van der Waals surface area contributed by atoms with E-state index in [9.17, 15) is 4.79 Å². The van der Waals surface area contributed by atoms with Crippen molar-refractivity contribution in [1.29, 1.82) is 0 Å². The smallest absolute Gasteiger partial charge is 0.335 e. The van der Waals surface area contributed by atoms with Crippen LogP contribution in [0.1, 0.15) is 22.0 Å². The zero-order chi connectivity index (χ0) is 14.1. The molecule has 0 unspecified atom stereocenters. The molecule has 2 heterocycles. The Balaban J connectivity index is 1.97. The number of benzene rings is 1. The maximum absolute atomic E-state index is 11.0. The van der Waals surface area contributed by atoms with Gasteiger partial charge in [0, 0.05) is 13.0 Å². The van der Waals surface area contributed by atoms with E-state index in [2.05, 4.69) is 19.6 Å². The molecule has 2 aromatic heterocycles. The van der Waals surface area contributed by atoms with Crippen molar-refractivity contribution in [2.45, 2.75) is 19.9 Å². The molecule has 0 bridgehead atoms. The van der Waals surface area contributed by atoms with Crippen LogP contribution in [0.4, 0.5) is 0 Å². The number of aromatic nitrogens is 4. The zero-order valence-corrected chi connectivity index (χ0v) is 10.8. The van der Waals surface area contributed by atoms with Gasteiger partial charge in [0.1, 0.15) is 5.82 Å². The highest BCUT2D eigenvalue weighted by Gasteiger charge is 2.11. The summed E-state index contributed by atoms with van der Waals surface area (Å²) in [6.45, 7) is 2.50. The fourth-order valence-corrected chi connectivity index (χ4v) is 2.17. The van der Waals surface area contributed by atoms with Gasteiger partial charge >= 0.3 is 5.97 Å². The zero-order valence-electron chi connectivity index (χ0n) is 10.8. The van der Waals surface area contributed by atoms with Crippen LogP contribution in [0, 0.1) is 6.92 Å². The van der Waals surface area contributed by atoms with E-state index in [0.717, 1.165) is 16.9 Å². The van der Waals surface area contributed by atoms with Crippen LogP contribution < -0.4 is 0 Å². The van der Waals surface area contributed by atoms with Gasteiger partial charge in [-0.25, -0.2) is 9.78 Å². The van der Waals surface area contributed by atoms with Crippen LogP contribution in [0.25, 0.3) is 11.0 Å². The molecular formula is C13H12N4O3. The molecule has 0 fully saturated rings. The molecule has 7 heteroatoms. The molecule has 0 saturated carbocycles. The summed E-state index contributed by atoms with van der Waals surface area (Å²) < 4.78 is 6.65. The summed E-state index contributed by atoms with van der Waals surface area (Å²) in [5, 5.41) is 12.8. The summed E-state index contributed by atoms with van der Waals surface area (Å²) in [4.78, 5) is 19.4. The summed E-state index contributed by atoms with van der Waals surface area (Å²) >= 11 is 0. The second-order valence-electron chi connectivity index (χ2n) is 4.42. The van der Waals surface area contributed by atoms with Crippen molar-refractivity contribution in [2.24, 2.45) is 0 Å². The number of carboxylic acid groups (broad SMARTS) is 1. The number of nitrogens with zero attached hydrogens (tertiary/aromatic N) is 4. The van der Waals surface area contributed by atoms with Crippen LogP contribution in [0.3, 0.4) is 0 Å². The monoisotopic (exact) mass is 272 g/mol. The third-order valence-electron chi connectivity index (χ3n) is 3.15. The summed E-state index contributed by atoms with van der Waals surface area (Å²) in [6.07, 6.45) is 1.89. The molecule has 3 aromatic rings. The van der Waals surface area contributed by atoms with E-state index in [1.165, 1.54) is 6.39 Å². The second-order valence-corrected chi connectivity index (χ2v) is 4.42. The summed E-state index contributed by atoms with van der Waals surface area (Å²) in [5.74, 6) is 0.488. The number of imidazole rings is 1. The van der Waals surface area contributed by atoms with E-state index in [-0.39, 0.29) is 5.56 Å². The molecule has 20 heavy (non-hydrogen) atoms. The van der Waals surface area contributed by atoms with Crippen molar-refractivity contribution >= 4 is 17.0 Å². The van der Waals surface area contributed by atoms with Gasteiger partial charge in [-0.2, -0.15) is 4.98 Å². The van der Waals surface area contributed by atoms with Gasteiger partial charge in [0.25, 0.3) is 0 Å². The van der Waals surface area contributed by atoms with Gasteiger partial charge < -0.3 is 14.2 Å². The number of aryl methyl sites for hydroxylation is 3. The van der Waals surface area contributed by atoms with Crippen LogP contribution >= 0.6 is 0 Å². The Bertz CT molecular complexity index is 761. The molecule has 0 aliphatic rings. The van der Waals surface area contributed by atoms with Crippen LogP contribution in [0.5, 0.6) is 0 Å². The number of carbonyl (C=O) groups is 1. The predicted octanol–water partition coefficient (Wildman–Crippen LogP) is 1.67. The number of fused-ring (bicyclic) bond motifs is 1. The minimum Gasteiger partial charge on any atom is -0.478 e. The van der Waals surface area contributed by atoms with Crippen molar-refractivity contribution < 1.29 is 14.4 Å². The lowest BCUT2D eigenvalue weighted by Crippen LogP contribution is -2.05. The summed E-state index contributed by atoms with van der Waals surface area (Å²) in [6, 6.07) is 4.91. The first-order valence-electron chi connectivity index (χ1n) is 6.10. The first kappa shape index (κ1) is 12.3. The molecule has 102 valence electrons. The summed E-state index contributed by atoms with van der Waals surface area (Å²) in [7, 11) is 0. The number of hydrogen-bond acceptors (Lipinski definition) is 5. The fourth-order valence-electron chi connectivity index (χ4n) is 2.17.